The molecule has 1 aromatic rings. The van der Waals surface area contributed by atoms with Gasteiger partial charge in [-0.15, -0.1) is 0 Å². The Kier molecular flexibility index (Phi) is 5.84. The van der Waals surface area contributed by atoms with E-state index >= 15 is 0 Å². The van der Waals surface area contributed by atoms with Gasteiger partial charge in [-0.25, -0.2) is 8.42 Å². The van der Waals surface area contributed by atoms with Crippen molar-refractivity contribution in [2.75, 3.05) is 11.4 Å². The highest BCUT2D eigenvalue weighted by Gasteiger charge is 2.28. The smallest absolute Gasteiger partial charge is 0.241 e. The van der Waals surface area contributed by atoms with Crippen LogP contribution >= 0.6 is 0 Å². The maximum absolute atomic E-state index is 12.8. The SMILES string of the molecule is Cc1ccc(N2CCCC2=O)cc1S(=O)(=O)N[C@H](CC(C)C)C(N)=O. The number of nitrogens with two attached hydrogens (primary N) is 1. The Morgan fingerprint density at radius 2 is 2.04 bits per heavy atom. The zero-order chi connectivity index (χ0) is 18.8. The highest BCUT2D eigenvalue weighted by molar-refractivity contribution is 7.89. The molecule has 0 saturated carbocycles. The van der Waals surface area contributed by atoms with Gasteiger partial charge in [0.05, 0.1) is 4.90 Å². The fraction of sp³-hybridized carbons (Fsp3) is 0.529. The largest absolute Gasteiger partial charge is 0.368 e. The van der Waals surface area contributed by atoms with Gasteiger partial charge in [0.15, 0.2) is 0 Å². The number of nitrogens with one attached hydrogen (secondary N) is 1. The number of carbonyl (C=O) groups is 2. The van der Waals surface area contributed by atoms with Crippen molar-refractivity contribution in [2.45, 2.75) is 51.0 Å². The molecule has 0 unspecified atom stereocenters. The van der Waals surface area contributed by atoms with Crippen LogP contribution in [0.4, 0.5) is 5.69 Å². The molecule has 0 radical (unpaired) electrons. The van der Waals surface area contributed by atoms with E-state index in [0.29, 0.717) is 30.6 Å². The minimum absolute atomic E-state index is 0.0185. The summed E-state index contributed by atoms with van der Waals surface area (Å²) in [6.07, 6.45) is 1.54. The molecule has 2 rings (SSSR count). The van der Waals surface area contributed by atoms with E-state index in [1.807, 2.05) is 13.8 Å². The third kappa shape index (κ3) is 4.58. The first-order chi connectivity index (χ1) is 11.6. The Bertz CT molecular complexity index is 774. The van der Waals surface area contributed by atoms with E-state index in [1.54, 1.807) is 24.0 Å². The van der Waals surface area contributed by atoms with Crippen LogP contribution in [0.5, 0.6) is 0 Å². The van der Waals surface area contributed by atoms with Crippen molar-refractivity contribution in [3.05, 3.63) is 23.8 Å². The number of benzene rings is 1. The van der Waals surface area contributed by atoms with Gasteiger partial charge < -0.3 is 10.6 Å². The van der Waals surface area contributed by atoms with Gasteiger partial charge in [-0.3, -0.25) is 9.59 Å². The van der Waals surface area contributed by atoms with Crippen molar-refractivity contribution < 1.29 is 18.0 Å². The van der Waals surface area contributed by atoms with E-state index in [-0.39, 0.29) is 16.7 Å². The molecule has 0 bridgehead atoms. The number of carbonyl (C=O) groups excluding carboxylic acids is 2. The van der Waals surface area contributed by atoms with Crippen LogP contribution in [-0.2, 0) is 19.6 Å². The summed E-state index contributed by atoms with van der Waals surface area (Å²) in [5.74, 6) is -0.620. The summed E-state index contributed by atoms with van der Waals surface area (Å²) in [4.78, 5) is 25.1. The lowest BCUT2D eigenvalue weighted by Gasteiger charge is -2.20. The van der Waals surface area contributed by atoms with Crippen molar-refractivity contribution in [1.29, 1.82) is 0 Å². The molecule has 1 saturated heterocycles. The van der Waals surface area contributed by atoms with Crippen molar-refractivity contribution in [1.82, 2.24) is 4.72 Å². The lowest BCUT2D eigenvalue weighted by atomic mass is 10.0. The Morgan fingerprint density at radius 1 is 1.36 bits per heavy atom. The highest BCUT2D eigenvalue weighted by atomic mass is 32.2. The molecule has 1 aliphatic heterocycles. The van der Waals surface area contributed by atoms with Gasteiger partial charge in [0.2, 0.25) is 21.8 Å². The summed E-state index contributed by atoms with van der Waals surface area (Å²) in [5, 5.41) is 0. The fourth-order valence-electron chi connectivity index (χ4n) is 2.91. The molecule has 0 spiro atoms. The van der Waals surface area contributed by atoms with E-state index in [9.17, 15) is 18.0 Å². The normalized spacial score (nSPS) is 16.5. The lowest BCUT2D eigenvalue weighted by molar-refractivity contribution is -0.120. The van der Waals surface area contributed by atoms with Gasteiger partial charge in [-0.1, -0.05) is 19.9 Å². The lowest BCUT2D eigenvalue weighted by Crippen LogP contribution is -2.45. The Balaban J connectivity index is 2.34. The summed E-state index contributed by atoms with van der Waals surface area (Å²) < 4.78 is 28.0. The predicted octanol–water partition coefficient (Wildman–Crippen LogP) is 1.30. The van der Waals surface area contributed by atoms with Crippen molar-refractivity contribution >= 4 is 27.5 Å². The first-order valence-corrected chi connectivity index (χ1v) is 9.83. The monoisotopic (exact) mass is 367 g/mol. The first-order valence-electron chi connectivity index (χ1n) is 8.34. The second-order valence-corrected chi connectivity index (χ2v) is 8.49. The predicted molar refractivity (Wildman–Crippen MR) is 95.5 cm³/mol. The molecule has 25 heavy (non-hydrogen) atoms. The first kappa shape index (κ1) is 19.4. The van der Waals surface area contributed by atoms with Crippen molar-refractivity contribution in [3.8, 4) is 0 Å². The molecule has 1 heterocycles. The summed E-state index contributed by atoms with van der Waals surface area (Å²) in [6.45, 7) is 6.02. The van der Waals surface area contributed by atoms with Crippen molar-refractivity contribution in [3.63, 3.8) is 0 Å². The van der Waals surface area contributed by atoms with E-state index in [2.05, 4.69) is 4.72 Å². The Morgan fingerprint density at radius 3 is 2.56 bits per heavy atom. The van der Waals surface area contributed by atoms with Crippen LogP contribution in [0.25, 0.3) is 0 Å². The summed E-state index contributed by atoms with van der Waals surface area (Å²) in [6, 6.07) is 3.91. The molecule has 2 amide bonds. The average Bonchev–Trinajstić information content (AvgIpc) is 2.92. The van der Waals surface area contributed by atoms with Gasteiger partial charge in [0.1, 0.15) is 6.04 Å². The number of nitrogens with zero attached hydrogens (tertiary/aromatic N) is 1. The molecule has 0 aromatic heterocycles. The van der Waals surface area contributed by atoms with Crippen molar-refractivity contribution in [2.24, 2.45) is 11.7 Å². The van der Waals surface area contributed by atoms with Gasteiger partial charge in [0.25, 0.3) is 0 Å². The molecular weight excluding hydrogens is 342 g/mol. The molecule has 1 aromatic carbocycles. The molecule has 138 valence electrons. The number of amides is 2. The molecule has 7 nitrogen and oxygen atoms in total. The third-order valence-corrected chi connectivity index (χ3v) is 5.81. The molecule has 8 heteroatoms. The number of primary amides is 1. The third-order valence-electron chi connectivity index (χ3n) is 4.19. The van der Waals surface area contributed by atoms with E-state index < -0.39 is 22.0 Å². The maximum Gasteiger partial charge on any atom is 0.241 e. The van der Waals surface area contributed by atoms with Crippen LogP contribution in [0.3, 0.4) is 0 Å². The number of rotatable bonds is 7. The molecule has 0 aliphatic carbocycles. The molecule has 1 fully saturated rings. The minimum atomic E-state index is -3.94. The quantitative estimate of drug-likeness (QED) is 0.757. The number of anilines is 1. The molecular formula is C17H25N3O4S. The summed E-state index contributed by atoms with van der Waals surface area (Å²) >= 11 is 0. The van der Waals surface area contributed by atoms with E-state index in [1.165, 1.54) is 6.07 Å². The van der Waals surface area contributed by atoms with Crippen LogP contribution < -0.4 is 15.4 Å². The van der Waals surface area contributed by atoms with E-state index in [4.69, 9.17) is 5.73 Å². The second-order valence-electron chi connectivity index (χ2n) is 6.80. The fourth-order valence-corrected chi connectivity index (χ4v) is 4.39. The van der Waals surface area contributed by atoms with Crippen LogP contribution in [0.2, 0.25) is 0 Å². The summed E-state index contributed by atoms with van der Waals surface area (Å²) in [7, 11) is -3.94. The number of hydrogen-bond donors (Lipinski definition) is 2. The van der Waals surface area contributed by atoms with Gasteiger partial charge in [-0.05, 0) is 43.4 Å². The topological polar surface area (TPSA) is 110 Å². The molecule has 1 atom stereocenters. The standard InChI is InChI=1S/C17H25N3O4S/c1-11(2)9-14(17(18)22)19-25(23,24)15-10-13(7-6-12(15)3)20-8-4-5-16(20)21/h6-7,10-11,14,19H,4-5,8-9H2,1-3H3,(H2,18,22)/t14-/m1/s1. The zero-order valence-corrected chi connectivity index (χ0v) is 15.6. The molecule has 1 aliphatic rings. The second kappa shape index (κ2) is 7.53. The average molecular weight is 367 g/mol. The minimum Gasteiger partial charge on any atom is -0.368 e. The Labute approximate surface area is 148 Å². The van der Waals surface area contributed by atoms with E-state index in [0.717, 1.165) is 6.42 Å². The Hall–Kier alpha value is -1.93. The zero-order valence-electron chi connectivity index (χ0n) is 14.8. The number of aryl methyl sites for hydroxylation is 1. The number of hydrogen-bond acceptors (Lipinski definition) is 4. The van der Waals surface area contributed by atoms with Gasteiger partial charge in [-0.2, -0.15) is 4.72 Å². The molecule has 3 N–H and O–H groups in total. The number of sulfonamides is 1. The van der Waals surface area contributed by atoms with Crippen LogP contribution in [0.15, 0.2) is 23.1 Å². The van der Waals surface area contributed by atoms with Crippen LogP contribution in [0.1, 0.15) is 38.7 Å². The summed E-state index contributed by atoms with van der Waals surface area (Å²) in [5.41, 5.74) is 6.42. The highest BCUT2D eigenvalue weighted by Crippen LogP contribution is 2.26. The van der Waals surface area contributed by atoms with Gasteiger partial charge in [0, 0.05) is 18.7 Å². The van der Waals surface area contributed by atoms with Crippen LogP contribution in [0, 0.1) is 12.8 Å². The van der Waals surface area contributed by atoms with Gasteiger partial charge >= 0.3 is 0 Å². The van der Waals surface area contributed by atoms with Crippen LogP contribution in [-0.4, -0.2) is 32.8 Å². The maximum atomic E-state index is 12.8.